The Kier molecular flexibility index (Phi) is 3.94. The molecule has 1 atom stereocenters. The second kappa shape index (κ2) is 5.52. The van der Waals surface area contributed by atoms with E-state index in [1.54, 1.807) is 0 Å². The fourth-order valence-corrected chi connectivity index (χ4v) is 3.20. The van der Waals surface area contributed by atoms with Crippen molar-refractivity contribution >= 4 is 27.1 Å². The summed E-state index contributed by atoms with van der Waals surface area (Å²) in [4.78, 5) is 22.0. The van der Waals surface area contributed by atoms with E-state index in [1.807, 2.05) is 0 Å². The molecule has 0 radical (unpaired) electrons. The van der Waals surface area contributed by atoms with Crippen molar-refractivity contribution < 1.29 is 18.1 Å². The van der Waals surface area contributed by atoms with E-state index in [1.165, 1.54) is 31.3 Å². The summed E-state index contributed by atoms with van der Waals surface area (Å²) < 4.78 is 22.7. The Morgan fingerprint density at radius 1 is 1.43 bits per heavy atom. The first-order valence-electron chi connectivity index (χ1n) is 6.00. The lowest BCUT2D eigenvalue weighted by Gasteiger charge is -2.12. The lowest BCUT2D eigenvalue weighted by atomic mass is 10.1. The Hall–Kier alpha value is -2.42. The van der Waals surface area contributed by atoms with Crippen LogP contribution in [0.15, 0.2) is 29.7 Å². The molecule has 1 aliphatic rings. The number of benzene rings is 1. The van der Waals surface area contributed by atoms with Crippen LogP contribution in [0.3, 0.4) is 0 Å². The molecule has 8 nitrogen and oxygen atoms in total. The van der Waals surface area contributed by atoms with Crippen molar-refractivity contribution in [1.29, 1.82) is 0 Å². The first-order chi connectivity index (χ1) is 9.82. The summed E-state index contributed by atoms with van der Waals surface area (Å²) in [5.41, 5.74) is 0.128. The highest BCUT2D eigenvalue weighted by Crippen LogP contribution is 2.27. The van der Waals surface area contributed by atoms with Gasteiger partial charge < -0.3 is 10.6 Å². The summed E-state index contributed by atoms with van der Waals surface area (Å²) in [5.74, 6) is -0.559. The number of amides is 1. The van der Waals surface area contributed by atoms with Crippen molar-refractivity contribution in [1.82, 2.24) is 5.32 Å². The van der Waals surface area contributed by atoms with Gasteiger partial charge in [-0.05, 0) is 12.1 Å². The average Bonchev–Trinajstić information content (AvgIpc) is 2.76. The van der Waals surface area contributed by atoms with Crippen molar-refractivity contribution in [2.45, 2.75) is 6.04 Å². The van der Waals surface area contributed by atoms with E-state index in [0.717, 1.165) is 5.41 Å². The molecule has 112 valence electrons. The van der Waals surface area contributed by atoms with Crippen LogP contribution in [-0.2, 0) is 9.84 Å². The number of nitro groups is 1. The van der Waals surface area contributed by atoms with Crippen molar-refractivity contribution in [3.8, 4) is 0 Å². The maximum Gasteiger partial charge on any atom is 0.292 e. The van der Waals surface area contributed by atoms with Crippen molar-refractivity contribution in [2.24, 2.45) is 0 Å². The maximum atomic E-state index is 11.6. The van der Waals surface area contributed by atoms with Crippen LogP contribution in [0, 0.1) is 10.1 Å². The summed E-state index contributed by atoms with van der Waals surface area (Å²) in [6.45, 7) is 0. The van der Waals surface area contributed by atoms with Gasteiger partial charge in [0.2, 0.25) is 0 Å². The van der Waals surface area contributed by atoms with E-state index in [9.17, 15) is 23.3 Å². The standard InChI is InChI=1S/C12H13N3O5S/c1-13-12(16)8-2-3-11(15(17)18)10(6-8)14-9-4-5-21(19,20)7-9/h2-6,9,14H,7H2,1H3,(H,13,16). The molecule has 0 aromatic heterocycles. The first kappa shape index (κ1) is 15.0. The van der Waals surface area contributed by atoms with Crippen LogP contribution >= 0.6 is 0 Å². The van der Waals surface area contributed by atoms with E-state index < -0.39 is 20.8 Å². The zero-order valence-electron chi connectivity index (χ0n) is 11.1. The van der Waals surface area contributed by atoms with E-state index in [-0.39, 0.29) is 28.6 Å². The van der Waals surface area contributed by atoms with Crippen molar-refractivity contribution in [2.75, 3.05) is 18.1 Å². The molecule has 0 spiro atoms. The third-order valence-electron chi connectivity index (χ3n) is 2.95. The Bertz CT molecular complexity index is 726. The lowest BCUT2D eigenvalue weighted by Crippen LogP contribution is -2.22. The normalized spacial score (nSPS) is 19.2. The molecule has 0 fully saturated rings. The van der Waals surface area contributed by atoms with E-state index in [2.05, 4.69) is 10.6 Å². The van der Waals surface area contributed by atoms with Crippen LogP contribution < -0.4 is 10.6 Å². The van der Waals surface area contributed by atoms with E-state index in [4.69, 9.17) is 0 Å². The quantitative estimate of drug-likeness (QED) is 0.623. The van der Waals surface area contributed by atoms with Gasteiger partial charge in [0.05, 0.1) is 16.7 Å². The summed E-state index contributed by atoms with van der Waals surface area (Å²) >= 11 is 0. The van der Waals surface area contributed by atoms with Gasteiger partial charge in [0.15, 0.2) is 9.84 Å². The van der Waals surface area contributed by atoms with E-state index >= 15 is 0 Å². The number of anilines is 1. The van der Waals surface area contributed by atoms with Gasteiger partial charge in [-0.15, -0.1) is 0 Å². The minimum absolute atomic E-state index is 0.104. The fourth-order valence-electron chi connectivity index (χ4n) is 1.96. The zero-order chi connectivity index (χ0) is 15.6. The molecule has 21 heavy (non-hydrogen) atoms. The molecule has 1 aromatic rings. The summed E-state index contributed by atoms with van der Waals surface area (Å²) in [6, 6.07) is 3.31. The Balaban J connectivity index is 2.33. The number of rotatable bonds is 4. The summed E-state index contributed by atoms with van der Waals surface area (Å²) in [7, 11) is -1.82. The molecule has 1 aliphatic heterocycles. The number of hydrogen-bond acceptors (Lipinski definition) is 6. The second-order valence-corrected chi connectivity index (χ2v) is 6.41. The van der Waals surface area contributed by atoms with Gasteiger partial charge in [-0.1, -0.05) is 6.08 Å². The number of carbonyl (C=O) groups excluding carboxylic acids is 1. The molecular formula is C12H13N3O5S. The molecule has 1 heterocycles. The van der Waals surface area contributed by atoms with Crippen LogP contribution in [0.2, 0.25) is 0 Å². The van der Waals surface area contributed by atoms with Crippen molar-refractivity contribution in [3.63, 3.8) is 0 Å². The molecule has 1 unspecified atom stereocenters. The highest BCUT2D eigenvalue weighted by atomic mass is 32.2. The molecule has 0 saturated carbocycles. The van der Waals surface area contributed by atoms with Gasteiger partial charge in [0, 0.05) is 24.1 Å². The predicted octanol–water partition coefficient (Wildman–Crippen LogP) is 0.677. The summed E-state index contributed by atoms with van der Waals surface area (Å²) in [5, 5.41) is 17.3. The number of nitro benzene ring substituents is 1. The third-order valence-corrected chi connectivity index (χ3v) is 4.35. The predicted molar refractivity (Wildman–Crippen MR) is 76.8 cm³/mol. The van der Waals surface area contributed by atoms with Crippen LogP contribution in [0.1, 0.15) is 10.4 Å². The minimum Gasteiger partial charge on any atom is -0.372 e. The summed E-state index contributed by atoms with van der Waals surface area (Å²) in [6.07, 6.45) is 1.42. The Morgan fingerprint density at radius 3 is 2.67 bits per heavy atom. The topological polar surface area (TPSA) is 118 Å². The smallest absolute Gasteiger partial charge is 0.292 e. The SMILES string of the molecule is CNC(=O)c1ccc([N+](=O)[O-])c(NC2C=CS(=O)(=O)C2)c1. The number of sulfone groups is 1. The molecule has 1 amide bonds. The van der Waals surface area contributed by atoms with Crippen LogP contribution in [0.25, 0.3) is 0 Å². The van der Waals surface area contributed by atoms with Crippen molar-refractivity contribution in [3.05, 3.63) is 45.4 Å². The van der Waals surface area contributed by atoms with E-state index in [0.29, 0.717) is 0 Å². The number of nitrogens with zero attached hydrogens (tertiary/aromatic N) is 1. The van der Waals surface area contributed by atoms with Gasteiger partial charge in [0.25, 0.3) is 11.6 Å². The lowest BCUT2D eigenvalue weighted by molar-refractivity contribution is -0.384. The molecule has 0 saturated heterocycles. The molecule has 1 aromatic carbocycles. The second-order valence-electron chi connectivity index (χ2n) is 4.48. The van der Waals surface area contributed by atoms with Gasteiger partial charge in [-0.3, -0.25) is 14.9 Å². The Labute approximate surface area is 120 Å². The molecule has 0 bridgehead atoms. The molecular weight excluding hydrogens is 298 g/mol. The van der Waals surface area contributed by atoms with Crippen LogP contribution in [-0.4, -0.2) is 38.1 Å². The fraction of sp³-hybridized carbons (Fsp3) is 0.250. The Morgan fingerprint density at radius 2 is 2.14 bits per heavy atom. The van der Waals surface area contributed by atoms with Gasteiger partial charge in [-0.25, -0.2) is 8.42 Å². The minimum atomic E-state index is -3.27. The number of carbonyl (C=O) groups is 1. The highest BCUT2D eigenvalue weighted by molar-refractivity contribution is 7.94. The van der Waals surface area contributed by atoms with Gasteiger partial charge >= 0.3 is 0 Å². The average molecular weight is 311 g/mol. The molecule has 2 rings (SSSR count). The maximum absolute atomic E-state index is 11.6. The largest absolute Gasteiger partial charge is 0.372 e. The zero-order valence-corrected chi connectivity index (χ0v) is 11.9. The monoisotopic (exact) mass is 311 g/mol. The van der Waals surface area contributed by atoms with Crippen LogP contribution in [0.5, 0.6) is 0 Å². The van der Waals surface area contributed by atoms with Gasteiger partial charge in [-0.2, -0.15) is 0 Å². The molecule has 9 heteroatoms. The molecule has 0 aliphatic carbocycles. The number of nitrogens with one attached hydrogen (secondary N) is 2. The first-order valence-corrected chi connectivity index (χ1v) is 7.72. The van der Waals surface area contributed by atoms with Crippen LogP contribution in [0.4, 0.5) is 11.4 Å². The molecule has 2 N–H and O–H groups in total. The number of hydrogen-bond donors (Lipinski definition) is 2. The third kappa shape index (κ3) is 3.37. The highest BCUT2D eigenvalue weighted by Gasteiger charge is 2.24. The van der Waals surface area contributed by atoms with Gasteiger partial charge in [0.1, 0.15) is 5.69 Å².